The molecular weight excluding hydrogens is 244 g/mol. The first kappa shape index (κ1) is 13.2. The van der Waals surface area contributed by atoms with E-state index in [1.807, 2.05) is 0 Å². The van der Waals surface area contributed by atoms with Crippen molar-refractivity contribution in [3.63, 3.8) is 0 Å². The van der Waals surface area contributed by atoms with Crippen LogP contribution in [0.4, 0.5) is 5.69 Å². The first-order chi connectivity index (χ1) is 7.95. The summed E-state index contributed by atoms with van der Waals surface area (Å²) in [7, 11) is 1.49. The molecule has 17 heavy (non-hydrogen) atoms. The zero-order chi connectivity index (χ0) is 13.0. The van der Waals surface area contributed by atoms with Crippen molar-refractivity contribution in [2.24, 2.45) is 0 Å². The number of carbonyl (C=O) groups is 2. The highest BCUT2D eigenvalue weighted by Crippen LogP contribution is 2.14. The lowest BCUT2D eigenvalue weighted by Crippen LogP contribution is -2.43. The van der Waals surface area contributed by atoms with Gasteiger partial charge in [-0.1, -0.05) is 11.6 Å². The molecule has 0 fully saturated rings. The second-order valence-electron chi connectivity index (χ2n) is 3.40. The van der Waals surface area contributed by atoms with Crippen molar-refractivity contribution < 1.29 is 9.59 Å². The Morgan fingerprint density at radius 3 is 2.76 bits per heavy atom. The fourth-order valence-corrected chi connectivity index (χ4v) is 1.35. The highest BCUT2D eigenvalue weighted by atomic mass is 35.5. The predicted octanol–water partition coefficient (Wildman–Crippen LogP) is 0.181. The van der Waals surface area contributed by atoms with Crippen molar-refractivity contribution in [3.05, 3.63) is 23.0 Å². The molecule has 2 amide bonds. The van der Waals surface area contributed by atoms with Crippen molar-refractivity contribution in [1.82, 2.24) is 15.6 Å². The number of amides is 2. The van der Waals surface area contributed by atoms with Crippen LogP contribution in [0.25, 0.3) is 0 Å². The third-order valence-electron chi connectivity index (χ3n) is 2.13. The number of nitrogens with one attached hydrogen (secondary N) is 2. The summed E-state index contributed by atoms with van der Waals surface area (Å²) in [6.07, 6.45) is 1.29. The van der Waals surface area contributed by atoms with Crippen molar-refractivity contribution in [2.45, 2.75) is 13.0 Å². The Labute approximate surface area is 104 Å². The molecule has 0 aliphatic carbocycles. The van der Waals surface area contributed by atoms with E-state index in [1.165, 1.54) is 19.3 Å². The van der Waals surface area contributed by atoms with E-state index in [1.54, 1.807) is 6.92 Å². The number of hydrogen-bond acceptors (Lipinski definition) is 4. The summed E-state index contributed by atoms with van der Waals surface area (Å²) in [5.74, 6) is -0.764. The molecule has 0 saturated heterocycles. The maximum Gasteiger partial charge on any atom is 0.254 e. The Morgan fingerprint density at radius 2 is 2.18 bits per heavy atom. The van der Waals surface area contributed by atoms with E-state index in [2.05, 4.69) is 15.6 Å². The Morgan fingerprint density at radius 1 is 1.53 bits per heavy atom. The van der Waals surface area contributed by atoms with Crippen LogP contribution >= 0.6 is 11.6 Å². The van der Waals surface area contributed by atoms with Crippen LogP contribution in [0, 0.1) is 0 Å². The van der Waals surface area contributed by atoms with E-state index in [4.69, 9.17) is 17.3 Å². The number of halogens is 1. The third kappa shape index (κ3) is 3.32. The standard InChI is InChI=1S/C10H13ClN4O2/c1-5(9(16)13-2)15-10(17)6-3-8(11)14-4-7(6)12/h3-5H,12H2,1-2H3,(H,13,16)(H,15,17). The molecule has 1 unspecified atom stereocenters. The number of carbonyl (C=O) groups excluding carboxylic acids is 2. The van der Waals surface area contributed by atoms with Gasteiger partial charge in [-0.2, -0.15) is 0 Å². The van der Waals surface area contributed by atoms with E-state index in [0.29, 0.717) is 0 Å². The van der Waals surface area contributed by atoms with Gasteiger partial charge < -0.3 is 16.4 Å². The molecule has 0 saturated carbocycles. The van der Waals surface area contributed by atoms with Crippen LogP contribution in [-0.2, 0) is 4.79 Å². The van der Waals surface area contributed by atoms with Crippen LogP contribution in [0.3, 0.4) is 0 Å². The maximum atomic E-state index is 11.8. The normalized spacial score (nSPS) is 11.7. The van der Waals surface area contributed by atoms with Crippen LogP contribution in [0.1, 0.15) is 17.3 Å². The van der Waals surface area contributed by atoms with Crippen molar-refractivity contribution in [3.8, 4) is 0 Å². The lowest BCUT2D eigenvalue weighted by Gasteiger charge is -2.13. The number of nitrogens with zero attached hydrogens (tertiary/aromatic N) is 1. The molecular formula is C10H13ClN4O2. The monoisotopic (exact) mass is 256 g/mol. The van der Waals surface area contributed by atoms with E-state index >= 15 is 0 Å². The van der Waals surface area contributed by atoms with Gasteiger partial charge in [0, 0.05) is 7.05 Å². The van der Waals surface area contributed by atoms with Gasteiger partial charge in [0.1, 0.15) is 11.2 Å². The number of nitrogen functional groups attached to an aromatic ring is 1. The predicted molar refractivity (Wildman–Crippen MR) is 64.7 cm³/mol. The summed E-state index contributed by atoms with van der Waals surface area (Å²) in [5.41, 5.74) is 5.99. The maximum absolute atomic E-state index is 11.8. The second kappa shape index (κ2) is 5.49. The van der Waals surface area contributed by atoms with Gasteiger partial charge in [0.2, 0.25) is 5.91 Å². The quantitative estimate of drug-likeness (QED) is 0.672. The lowest BCUT2D eigenvalue weighted by molar-refractivity contribution is -0.122. The van der Waals surface area contributed by atoms with Crippen LogP contribution in [0.5, 0.6) is 0 Å². The van der Waals surface area contributed by atoms with E-state index in [0.717, 1.165) is 0 Å². The Bertz CT molecular complexity index is 450. The molecule has 4 N–H and O–H groups in total. The smallest absolute Gasteiger partial charge is 0.254 e. The van der Waals surface area contributed by atoms with Gasteiger partial charge in [0.05, 0.1) is 17.4 Å². The molecule has 7 heteroatoms. The van der Waals surface area contributed by atoms with E-state index in [-0.39, 0.29) is 22.3 Å². The Hall–Kier alpha value is -1.82. The number of pyridine rings is 1. The summed E-state index contributed by atoms with van der Waals surface area (Å²) < 4.78 is 0. The molecule has 0 bridgehead atoms. The van der Waals surface area contributed by atoms with Crippen molar-refractivity contribution in [2.75, 3.05) is 12.8 Å². The topological polar surface area (TPSA) is 97.1 Å². The number of anilines is 1. The molecule has 0 radical (unpaired) electrons. The highest BCUT2D eigenvalue weighted by Gasteiger charge is 2.17. The fourth-order valence-electron chi connectivity index (χ4n) is 1.19. The zero-order valence-corrected chi connectivity index (χ0v) is 10.2. The average molecular weight is 257 g/mol. The van der Waals surface area contributed by atoms with E-state index in [9.17, 15) is 9.59 Å². The number of hydrogen-bond donors (Lipinski definition) is 3. The summed E-state index contributed by atoms with van der Waals surface area (Å²) in [6, 6.07) is 0.696. The molecule has 6 nitrogen and oxygen atoms in total. The molecule has 0 aliphatic rings. The molecule has 0 aliphatic heterocycles. The summed E-state index contributed by atoms with van der Waals surface area (Å²) in [5, 5.41) is 5.09. The highest BCUT2D eigenvalue weighted by molar-refractivity contribution is 6.29. The third-order valence-corrected chi connectivity index (χ3v) is 2.34. The summed E-state index contributed by atoms with van der Waals surface area (Å²) in [6.45, 7) is 1.57. The van der Waals surface area contributed by atoms with Crippen molar-refractivity contribution >= 4 is 29.1 Å². The molecule has 0 aromatic carbocycles. The number of aromatic nitrogens is 1. The van der Waals surface area contributed by atoms with E-state index < -0.39 is 11.9 Å². The van der Waals surface area contributed by atoms with Crippen LogP contribution in [0.2, 0.25) is 5.15 Å². The van der Waals surface area contributed by atoms with Crippen molar-refractivity contribution in [1.29, 1.82) is 0 Å². The first-order valence-electron chi connectivity index (χ1n) is 4.89. The van der Waals surface area contributed by atoms with Crippen LogP contribution < -0.4 is 16.4 Å². The van der Waals surface area contributed by atoms with Gasteiger partial charge in [-0.05, 0) is 13.0 Å². The Kier molecular flexibility index (Phi) is 4.28. The molecule has 1 heterocycles. The number of likely N-dealkylation sites (N-methyl/N-ethyl adjacent to an activating group) is 1. The minimum absolute atomic E-state index is 0.164. The van der Waals surface area contributed by atoms with Gasteiger partial charge >= 0.3 is 0 Å². The minimum Gasteiger partial charge on any atom is -0.397 e. The molecule has 1 aromatic rings. The lowest BCUT2D eigenvalue weighted by atomic mass is 10.2. The first-order valence-corrected chi connectivity index (χ1v) is 5.27. The molecule has 1 rings (SSSR count). The minimum atomic E-state index is -0.654. The average Bonchev–Trinajstić information content (AvgIpc) is 2.30. The fraction of sp³-hybridized carbons (Fsp3) is 0.300. The van der Waals surface area contributed by atoms with Crippen LogP contribution in [-0.4, -0.2) is 29.9 Å². The van der Waals surface area contributed by atoms with Gasteiger partial charge in [-0.3, -0.25) is 9.59 Å². The van der Waals surface area contributed by atoms with Crippen LogP contribution in [0.15, 0.2) is 12.3 Å². The molecule has 92 valence electrons. The van der Waals surface area contributed by atoms with Gasteiger partial charge in [0.25, 0.3) is 5.91 Å². The van der Waals surface area contributed by atoms with Gasteiger partial charge in [-0.25, -0.2) is 4.98 Å². The summed E-state index contributed by atoms with van der Waals surface area (Å²) in [4.78, 5) is 26.8. The Balaban J connectivity index is 2.83. The van der Waals surface area contributed by atoms with Gasteiger partial charge in [-0.15, -0.1) is 0 Å². The van der Waals surface area contributed by atoms with Gasteiger partial charge in [0.15, 0.2) is 0 Å². The number of nitrogens with two attached hydrogens (primary N) is 1. The second-order valence-corrected chi connectivity index (χ2v) is 3.79. The SMILES string of the molecule is CNC(=O)C(C)NC(=O)c1cc(Cl)ncc1N. The molecule has 1 aromatic heterocycles. The zero-order valence-electron chi connectivity index (χ0n) is 9.45. The number of rotatable bonds is 3. The molecule has 1 atom stereocenters. The molecule has 0 spiro atoms. The summed E-state index contributed by atoms with van der Waals surface area (Å²) >= 11 is 5.66. The largest absolute Gasteiger partial charge is 0.397 e.